The highest BCUT2D eigenvalue weighted by molar-refractivity contribution is 6.31. The van der Waals surface area contributed by atoms with Crippen LogP contribution in [0.15, 0.2) is 47.5 Å². The molecule has 0 radical (unpaired) electrons. The van der Waals surface area contributed by atoms with Gasteiger partial charge in [-0.2, -0.15) is 10.3 Å². The van der Waals surface area contributed by atoms with E-state index in [9.17, 15) is 35.6 Å². The number of halogens is 1. The van der Waals surface area contributed by atoms with E-state index in [0.717, 1.165) is 55.4 Å². The lowest BCUT2D eigenvalue weighted by Crippen LogP contribution is -2.64. The van der Waals surface area contributed by atoms with Crippen molar-refractivity contribution in [1.29, 1.82) is 10.7 Å². The molecule has 9 rings (SSSR count). The molecule has 2 aromatic carbocycles. The molecule has 2 heterocycles. The molecule has 5 aliphatic carbocycles. The molecule has 1 amide bonds. The number of ether oxygens (including phenoxy) is 2. The Bertz CT molecular complexity index is 1910. The van der Waals surface area contributed by atoms with E-state index < -0.39 is 48.8 Å². The summed E-state index contributed by atoms with van der Waals surface area (Å²) in [7, 11) is 3.38. The van der Waals surface area contributed by atoms with E-state index in [-0.39, 0.29) is 35.3 Å². The van der Waals surface area contributed by atoms with Gasteiger partial charge in [0.15, 0.2) is 5.96 Å². The molecule has 7 fully saturated rings. The average Bonchev–Trinajstić information content (AvgIpc) is 3.86. The van der Waals surface area contributed by atoms with Crippen LogP contribution in [0.5, 0.6) is 5.75 Å². The number of hydrogen-bond donors (Lipinski definition) is 9. The van der Waals surface area contributed by atoms with Gasteiger partial charge in [-0.15, -0.1) is 0 Å². The lowest BCUT2D eigenvalue weighted by molar-refractivity contribution is -0.231. The Morgan fingerprint density at radius 2 is 1.73 bits per heavy atom. The van der Waals surface area contributed by atoms with E-state index in [1.54, 1.807) is 31.1 Å². The van der Waals surface area contributed by atoms with E-state index in [4.69, 9.17) is 43.7 Å². The first-order valence-corrected chi connectivity index (χ1v) is 21.1. The summed E-state index contributed by atoms with van der Waals surface area (Å²) in [5, 5.41) is 67.6. The fraction of sp³-hybridized carbons (Fsp3) is 0.628. The molecule has 328 valence electrons. The van der Waals surface area contributed by atoms with Crippen LogP contribution in [0, 0.1) is 39.9 Å². The first kappa shape index (κ1) is 45.5. The lowest BCUT2D eigenvalue weighted by atomic mass is 9.46. The molecule has 2 aliphatic heterocycles. The zero-order chi connectivity index (χ0) is 43.7. The summed E-state index contributed by atoms with van der Waals surface area (Å²) in [5.41, 5.74) is 18.2. The molecule has 0 spiro atoms. The summed E-state index contributed by atoms with van der Waals surface area (Å²) >= 11 is 6.35. The zero-order valence-corrected chi connectivity index (χ0v) is 35.3. The summed E-state index contributed by atoms with van der Waals surface area (Å²) < 4.78 is 11.1. The van der Waals surface area contributed by atoms with Gasteiger partial charge in [-0.05, 0) is 123 Å². The highest BCUT2D eigenvalue weighted by Crippen LogP contribution is 2.63. The Labute approximate surface area is 356 Å². The number of amides is 1. The minimum Gasteiger partial charge on any atom is -0.494 e. The van der Waals surface area contributed by atoms with E-state index >= 15 is 0 Å². The van der Waals surface area contributed by atoms with Crippen LogP contribution >= 0.6 is 11.6 Å². The number of benzene rings is 2. The summed E-state index contributed by atoms with van der Waals surface area (Å²) in [5.74, 6) is 2.32. The van der Waals surface area contributed by atoms with Gasteiger partial charge in [-0.3, -0.25) is 10.2 Å². The average molecular weight is 853 g/mol. The van der Waals surface area contributed by atoms with Crippen molar-refractivity contribution in [3.05, 3.63) is 64.2 Å². The predicted molar refractivity (Wildman–Crippen MR) is 225 cm³/mol. The second-order valence-electron chi connectivity index (χ2n) is 17.8. The van der Waals surface area contributed by atoms with Crippen molar-refractivity contribution in [2.45, 2.75) is 119 Å². The number of guanidine groups is 2. The maximum absolute atomic E-state index is 13.1. The van der Waals surface area contributed by atoms with E-state index in [1.165, 1.54) is 11.3 Å². The van der Waals surface area contributed by atoms with Crippen LogP contribution < -0.4 is 21.9 Å². The van der Waals surface area contributed by atoms with Crippen LogP contribution in [0.3, 0.4) is 0 Å². The number of aliphatic imine (C=N–C) groups is 1. The molecule has 17 heteroatoms. The highest BCUT2D eigenvalue weighted by Gasteiger charge is 2.62. The largest absolute Gasteiger partial charge is 0.494 e. The maximum Gasteiger partial charge on any atom is 0.241 e. The Morgan fingerprint density at radius 3 is 2.28 bits per heavy atom. The fourth-order valence-corrected chi connectivity index (χ4v) is 10.7. The molecule has 0 aromatic heterocycles. The van der Waals surface area contributed by atoms with Crippen LogP contribution in [-0.2, 0) is 16.0 Å². The number of rotatable bonds is 8. The Balaban J connectivity index is 0.000000169. The number of aliphatic hydroxyl groups excluding tert-OH is 4. The molecule has 12 N–H and O–H groups in total. The Hall–Kier alpha value is -4.05. The molecular formula is C43H61ClN8O8. The zero-order valence-electron chi connectivity index (χ0n) is 34.5. The Morgan fingerprint density at radius 1 is 1.07 bits per heavy atom. The molecular weight excluding hydrogens is 792 g/mol. The summed E-state index contributed by atoms with van der Waals surface area (Å²) in [6.45, 7) is 2.07. The van der Waals surface area contributed by atoms with Crippen molar-refractivity contribution in [3.63, 3.8) is 0 Å². The quantitative estimate of drug-likeness (QED) is 0.135. The van der Waals surface area contributed by atoms with Crippen LogP contribution in [0.4, 0.5) is 0 Å². The van der Waals surface area contributed by atoms with Crippen molar-refractivity contribution >= 4 is 29.4 Å². The maximum atomic E-state index is 13.1. The SMILES string of the molecule is CCOc1ccc(Cc2cc([C@@H]3O[C@H](CO)[C@@H](O)[C@H](O)[C@H]3O)ccc2Cl)cc1.CN(C)C(=N)N=C(N)N.N#C[C@@H]1C[C@@H]2C[C@@H]2N1C(=O)[C@@H](N)C12C[C@@H]3C[C@@H](CC(O)(C3)C1)C2. The topological polar surface area (TPSA) is 281 Å². The number of aliphatic hydroxyl groups is 5. The van der Waals surface area contributed by atoms with Gasteiger partial charge < -0.3 is 62.0 Å². The molecule has 2 unspecified atom stereocenters. The summed E-state index contributed by atoms with van der Waals surface area (Å²) in [6.07, 6.45) is 2.10. The molecule has 2 saturated heterocycles. The second kappa shape index (κ2) is 18.5. The van der Waals surface area contributed by atoms with Gasteiger partial charge in [0.1, 0.15) is 42.3 Å². The number of likely N-dealkylation sites (tertiary alicyclic amines) is 1. The number of nitriles is 1. The first-order chi connectivity index (χ1) is 28.4. The fourth-order valence-electron chi connectivity index (χ4n) is 10.6. The van der Waals surface area contributed by atoms with Crippen LogP contribution in [-0.4, -0.2) is 129 Å². The first-order valence-electron chi connectivity index (χ1n) is 20.8. The molecule has 60 heavy (non-hydrogen) atoms. The number of carbonyl (C=O) groups excluding carboxylic acids is 1. The highest BCUT2D eigenvalue weighted by atomic mass is 35.5. The third-order valence-electron chi connectivity index (χ3n) is 13.1. The second-order valence-corrected chi connectivity index (χ2v) is 18.2. The van der Waals surface area contributed by atoms with E-state index in [1.807, 2.05) is 37.3 Å². The number of hydrogen-bond acceptors (Lipinski definition) is 11. The van der Waals surface area contributed by atoms with Gasteiger partial charge in [-0.1, -0.05) is 35.9 Å². The van der Waals surface area contributed by atoms with Gasteiger partial charge >= 0.3 is 0 Å². The normalized spacial score (nSPS) is 34.7. The number of nitrogens with one attached hydrogen (secondary N) is 1. The molecule has 2 aromatic rings. The molecule has 4 bridgehead atoms. The third kappa shape index (κ3) is 9.85. The van der Waals surface area contributed by atoms with Crippen molar-refractivity contribution in [2.75, 3.05) is 27.3 Å². The minimum atomic E-state index is -1.42. The minimum absolute atomic E-state index is 0.0212. The summed E-state index contributed by atoms with van der Waals surface area (Å²) in [4.78, 5) is 19.9. The summed E-state index contributed by atoms with van der Waals surface area (Å²) in [6, 6.07) is 14.7. The van der Waals surface area contributed by atoms with Crippen LogP contribution in [0.2, 0.25) is 5.02 Å². The van der Waals surface area contributed by atoms with Crippen molar-refractivity contribution < 1.29 is 39.8 Å². The van der Waals surface area contributed by atoms with Gasteiger partial charge in [0.25, 0.3) is 0 Å². The smallest absolute Gasteiger partial charge is 0.241 e. The number of fused-ring (bicyclic) bond motifs is 1. The van der Waals surface area contributed by atoms with Gasteiger partial charge in [0.05, 0.1) is 30.9 Å². The van der Waals surface area contributed by atoms with Crippen LogP contribution in [0.1, 0.15) is 81.1 Å². The van der Waals surface area contributed by atoms with Crippen molar-refractivity contribution in [2.24, 2.45) is 45.4 Å². The molecule has 5 saturated carbocycles. The number of nitrogens with zero attached hydrogens (tertiary/aromatic N) is 4. The van der Waals surface area contributed by atoms with Crippen molar-refractivity contribution in [3.8, 4) is 11.8 Å². The number of carbonyl (C=O) groups is 1. The van der Waals surface area contributed by atoms with E-state index in [0.29, 0.717) is 47.8 Å². The lowest BCUT2D eigenvalue weighted by Gasteiger charge is -2.61. The van der Waals surface area contributed by atoms with E-state index in [2.05, 4.69) is 11.1 Å². The van der Waals surface area contributed by atoms with Gasteiger partial charge in [0, 0.05) is 25.2 Å². The number of nitrogens with two attached hydrogens (primary N) is 3. The Kier molecular flexibility index (Phi) is 14.0. The predicted octanol–water partition coefficient (Wildman–Crippen LogP) is 1.76. The van der Waals surface area contributed by atoms with Crippen molar-refractivity contribution in [1.82, 2.24) is 9.80 Å². The third-order valence-corrected chi connectivity index (χ3v) is 13.5. The molecule has 16 nitrogen and oxygen atoms in total. The standard InChI is InChI=1S/C21H25ClO6.C18H25N3O2.C4H11N5/c1-2-27-15-6-3-12(4-7-15)9-14-10-13(5-8-16(14)22)21-20(26)19(25)18(24)17(11-23)28-21;19-8-13-2-12-3-14(12)21(13)16(22)15(20)17-4-10-1-11(5-17)7-18(23,6-10)9-17;1-9(2)4(7)8-3(5)6/h3-8,10,17-21,23-26H,2,9,11H2,1H3;10-15,23H,1-7,9,20H2;1-2H3,(H5,5,6,7,8)/t17-,18-,19+,20-,21+;10-,11+,12-,13+,14+,15-,17?,18?;/m11./s1. The molecule has 7 aliphatic rings. The monoisotopic (exact) mass is 852 g/mol. The molecule has 13 atom stereocenters. The van der Waals surface area contributed by atoms with Gasteiger partial charge in [-0.25, -0.2) is 0 Å². The number of piperidine rings is 1. The van der Waals surface area contributed by atoms with Gasteiger partial charge in [0.2, 0.25) is 11.9 Å². The van der Waals surface area contributed by atoms with Crippen LogP contribution in [0.25, 0.3) is 0 Å².